The van der Waals surface area contributed by atoms with Crippen molar-refractivity contribution in [2.45, 2.75) is 37.8 Å². The van der Waals surface area contributed by atoms with E-state index in [9.17, 15) is 31.0 Å². The lowest BCUT2D eigenvalue weighted by molar-refractivity contribution is -0.142. The maximum Gasteiger partial charge on any atom is 0.434 e. The Labute approximate surface area is 124 Å². The molecule has 0 aliphatic heterocycles. The second-order valence-corrected chi connectivity index (χ2v) is 5.80. The van der Waals surface area contributed by atoms with E-state index in [-0.39, 0.29) is 12.2 Å². The summed E-state index contributed by atoms with van der Waals surface area (Å²) in [5.41, 5.74) is -4.93. The third kappa shape index (κ3) is 3.42. The van der Waals surface area contributed by atoms with Gasteiger partial charge in [0.2, 0.25) is 0 Å². The molecule has 0 aliphatic rings. The molecule has 0 bridgehead atoms. The van der Waals surface area contributed by atoms with E-state index in [4.69, 9.17) is 5.11 Å². The number of nitrogens with zero attached hydrogens (tertiary/aromatic N) is 1. The van der Waals surface area contributed by atoms with Crippen molar-refractivity contribution in [2.24, 2.45) is 0 Å². The molecule has 1 aromatic rings. The van der Waals surface area contributed by atoms with Crippen LogP contribution in [-0.2, 0) is 23.4 Å². The molecule has 1 atom stereocenters. The third-order valence-electron chi connectivity index (χ3n) is 2.81. The number of halogens is 5. The summed E-state index contributed by atoms with van der Waals surface area (Å²) in [5.74, 6) is -2.11. The third-order valence-corrected chi connectivity index (χ3v) is 4.25. The summed E-state index contributed by atoms with van der Waals surface area (Å²) in [5, 5.41) is 9.02. The summed E-state index contributed by atoms with van der Waals surface area (Å²) in [6.45, 7) is 2.68. The number of carboxylic acids is 1. The first kappa shape index (κ1) is 18.5. The Hall–Kier alpha value is -1.58. The predicted molar refractivity (Wildman–Crippen MR) is 67.5 cm³/mol. The van der Waals surface area contributed by atoms with E-state index in [2.05, 4.69) is 4.98 Å². The molecule has 0 fully saturated rings. The fourth-order valence-electron chi connectivity index (χ4n) is 1.96. The number of alkyl halides is 5. The van der Waals surface area contributed by atoms with Gasteiger partial charge in [-0.2, -0.15) is 13.2 Å². The van der Waals surface area contributed by atoms with Crippen LogP contribution in [0.15, 0.2) is 4.90 Å². The summed E-state index contributed by atoms with van der Waals surface area (Å²) in [6, 6.07) is 0. The molecular formula is C12H12F5NO3S. The van der Waals surface area contributed by atoms with Gasteiger partial charge in [-0.1, -0.05) is 13.8 Å². The quantitative estimate of drug-likeness (QED) is 0.831. The Morgan fingerprint density at radius 1 is 1.32 bits per heavy atom. The Kier molecular flexibility index (Phi) is 5.60. The lowest BCUT2D eigenvalue weighted by Gasteiger charge is -2.19. The molecule has 0 radical (unpaired) electrons. The topological polar surface area (TPSA) is 67.3 Å². The van der Waals surface area contributed by atoms with Crippen LogP contribution in [-0.4, -0.2) is 26.0 Å². The highest BCUT2D eigenvalue weighted by molar-refractivity contribution is 7.85. The zero-order chi connectivity index (χ0) is 17.2. The minimum Gasteiger partial charge on any atom is -0.478 e. The maximum atomic E-state index is 13.0. The van der Waals surface area contributed by atoms with Crippen molar-refractivity contribution in [1.82, 2.24) is 4.98 Å². The van der Waals surface area contributed by atoms with E-state index in [0.29, 0.717) is 0 Å². The SMILES string of the molecule is CCc1c(C(=O)O)c(C(F)(F)F)nc(C(F)F)c1S(=O)CC. The van der Waals surface area contributed by atoms with Gasteiger partial charge in [0, 0.05) is 5.75 Å². The maximum absolute atomic E-state index is 13.0. The van der Waals surface area contributed by atoms with E-state index < -0.39 is 56.8 Å². The van der Waals surface area contributed by atoms with Gasteiger partial charge in [0.1, 0.15) is 5.69 Å². The van der Waals surface area contributed by atoms with Gasteiger partial charge in [0.25, 0.3) is 6.43 Å². The number of carbonyl (C=O) groups is 1. The Balaban J connectivity index is 3.98. The molecule has 1 rings (SSSR count). The van der Waals surface area contributed by atoms with Crippen LogP contribution in [0.1, 0.15) is 47.6 Å². The molecule has 0 spiro atoms. The molecule has 1 N–H and O–H groups in total. The fraction of sp³-hybridized carbons (Fsp3) is 0.500. The number of rotatable bonds is 5. The molecular weight excluding hydrogens is 333 g/mol. The van der Waals surface area contributed by atoms with Crippen molar-refractivity contribution in [3.8, 4) is 0 Å². The first-order valence-corrected chi connectivity index (χ1v) is 7.41. The molecule has 0 aromatic carbocycles. The van der Waals surface area contributed by atoms with Crippen LogP contribution in [0, 0.1) is 0 Å². The lowest BCUT2D eigenvalue weighted by Crippen LogP contribution is -2.22. The Morgan fingerprint density at radius 2 is 1.86 bits per heavy atom. The second kappa shape index (κ2) is 6.67. The molecule has 4 nitrogen and oxygen atoms in total. The van der Waals surface area contributed by atoms with Crippen LogP contribution in [0.5, 0.6) is 0 Å². The number of hydrogen-bond acceptors (Lipinski definition) is 3. The first-order valence-electron chi connectivity index (χ1n) is 6.09. The van der Waals surface area contributed by atoms with Crippen LogP contribution in [0.2, 0.25) is 0 Å². The largest absolute Gasteiger partial charge is 0.478 e. The van der Waals surface area contributed by atoms with Gasteiger partial charge in [0.15, 0.2) is 5.69 Å². The molecule has 1 unspecified atom stereocenters. The molecule has 0 saturated carbocycles. The minimum absolute atomic E-state index is 0.154. The van der Waals surface area contributed by atoms with Crippen LogP contribution in [0.4, 0.5) is 22.0 Å². The summed E-state index contributed by atoms with van der Waals surface area (Å²) in [4.78, 5) is 13.3. The number of pyridine rings is 1. The normalized spacial score (nSPS) is 13.5. The summed E-state index contributed by atoms with van der Waals surface area (Å²) in [7, 11) is -2.07. The highest BCUT2D eigenvalue weighted by Crippen LogP contribution is 2.37. The van der Waals surface area contributed by atoms with Gasteiger partial charge in [-0.15, -0.1) is 0 Å². The number of aromatic carboxylic acids is 1. The van der Waals surface area contributed by atoms with Gasteiger partial charge >= 0.3 is 12.1 Å². The Morgan fingerprint density at radius 3 is 2.18 bits per heavy atom. The van der Waals surface area contributed by atoms with E-state index in [0.717, 1.165) is 0 Å². The van der Waals surface area contributed by atoms with Gasteiger partial charge in [-0.3, -0.25) is 4.21 Å². The smallest absolute Gasteiger partial charge is 0.434 e. The summed E-state index contributed by atoms with van der Waals surface area (Å²) >= 11 is 0. The number of hydrogen-bond donors (Lipinski definition) is 1. The van der Waals surface area contributed by atoms with Crippen molar-refractivity contribution in [2.75, 3.05) is 5.75 Å². The molecule has 0 aliphatic carbocycles. The number of aromatic nitrogens is 1. The average Bonchev–Trinajstić information content (AvgIpc) is 2.42. The molecule has 22 heavy (non-hydrogen) atoms. The van der Waals surface area contributed by atoms with Gasteiger partial charge in [-0.25, -0.2) is 18.6 Å². The van der Waals surface area contributed by atoms with Gasteiger partial charge in [-0.05, 0) is 12.0 Å². The standard InChI is InChI=1S/C12H12F5NO3S/c1-3-5-6(11(19)20)9(12(15,16)17)18-7(10(13)14)8(5)22(21)4-2/h10H,3-4H2,1-2H3,(H,19,20). The van der Waals surface area contributed by atoms with Crippen LogP contribution >= 0.6 is 0 Å². The highest BCUT2D eigenvalue weighted by Gasteiger charge is 2.41. The van der Waals surface area contributed by atoms with Crippen molar-refractivity contribution >= 4 is 16.8 Å². The predicted octanol–water partition coefficient (Wildman–Crippen LogP) is 3.43. The molecule has 1 heterocycles. The zero-order valence-corrected chi connectivity index (χ0v) is 12.3. The summed E-state index contributed by atoms with van der Waals surface area (Å²) < 4.78 is 76.8. The van der Waals surface area contributed by atoms with E-state index in [1.165, 1.54) is 13.8 Å². The molecule has 10 heteroatoms. The van der Waals surface area contributed by atoms with Crippen LogP contribution < -0.4 is 0 Å². The van der Waals surface area contributed by atoms with Crippen molar-refractivity contribution in [1.29, 1.82) is 0 Å². The fourth-order valence-corrected chi connectivity index (χ4v) is 3.14. The van der Waals surface area contributed by atoms with E-state index in [1.54, 1.807) is 0 Å². The van der Waals surface area contributed by atoms with Crippen LogP contribution in [0.25, 0.3) is 0 Å². The monoisotopic (exact) mass is 345 g/mol. The van der Waals surface area contributed by atoms with Crippen molar-refractivity contribution < 1.29 is 36.1 Å². The van der Waals surface area contributed by atoms with E-state index in [1.807, 2.05) is 0 Å². The molecule has 0 amide bonds. The highest BCUT2D eigenvalue weighted by atomic mass is 32.2. The number of carboxylic acid groups (broad SMARTS) is 1. The van der Waals surface area contributed by atoms with E-state index >= 15 is 0 Å². The zero-order valence-electron chi connectivity index (χ0n) is 11.5. The van der Waals surface area contributed by atoms with Crippen molar-refractivity contribution in [3.05, 3.63) is 22.5 Å². The van der Waals surface area contributed by atoms with Crippen molar-refractivity contribution in [3.63, 3.8) is 0 Å². The minimum atomic E-state index is -5.21. The average molecular weight is 345 g/mol. The molecule has 124 valence electrons. The first-order chi connectivity index (χ1) is 10.1. The Bertz CT molecular complexity index is 616. The second-order valence-electron chi connectivity index (χ2n) is 4.12. The van der Waals surface area contributed by atoms with Crippen LogP contribution in [0.3, 0.4) is 0 Å². The molecule has 0 saturated heterocycles. The summed E-state index contributed by atoms with van der Waals surface area (Å²) in [6.07, 6.45) is -8.92. The lowest BCUT2D eigenvalue weighted by atomic mass is 10.0. The van der Waals surface area contributed by atoms with Gasteiger partial charge in [0.05, 0.1) is 21.3 Å². The van der Waals surface area contributed by atoms with Gasteiger partial charge < -0.3 is 5.11 Å². The molecule has 1 aromatic heterocycles.